The third-order valence-electron chi connectivity index (χ3n) is 6.72. The average molecular weight is 480 g/mol. The molecule has 11 heteroatoms. The van der Waals surface area contributed by atoms with E-state index in [2.05, 4.69) is 15.7 Å². The van der Waals surface area contributed by atoms with Crippen molar-refractivity contribution < 1.29 is 14.4 Å². The zero-order chi connectivity index (χ0) is 24.0. The maximum atomic E-state index is 13.5. The van der Waals surface area contributed by atoms with Crippen LogP contribution in [-0.4, -0.2) is 46.2 Å². The quantitative estimate of drug-likeness (QED) is 0.550. The number of fused-ring (bicyclic) bond motifs is 3. The van der Waals surface area contributed by atoms with Gasteiger partial charge in [-0.2, -0.15) is 5.26 Å². The molecule has 174 valence electrons. The van der Waals surface area contributed by atoms with Crippen molar-refractivity contribution in [1.29, 1.82) is 5.26 Å². The Bertz CT molecular complexity index is 1230. The zero-order valence-corrected chi connectivity index (χ0v) is 18.8. The number of piperidine rings is 1. The lowest BCUT2D eigenvalue weighted by molar-refractivity contribution is -0.139. The van der Waals surface area contributed by atoms with E-state index >= 15 is 0 Å². The van der Waals surface area contributed by atoms with Crippen LogP contribution in [0.15, 0.2) is 36.4 Å². The largest absolute Gasteiger partial charge is 0.368 e. The minimum atomic E-state index is -0.721. The van der Waals surface area contributed by atoms with Crippen molar-refractivity contribution in [3.05, 3.63) is 52.7 Å². The van der Waals surface area contributed by atoms with E-state index in [-0.39, 0.29) is 46.9 Å². The highest BCUT2D eigenvalue weighted by molar-refractivity contribution is 6.29. The molecule has 3 aliphatic rings. The number of hydrazine groups is 1. The molecular weight excluding hydrogens is 458 g/mol. The van der Waals surface area contributed by atoms with Crippen molar-refractivity contribution in [3.8, 4) is 6.07 Å². The van der Waals surface area contributed by atoms with Crippen LogP contribution in [0.4, 0.5) is 11.5 Å². The van der Waals surface area contributed by atoms with Crippen molar-refractivity contribution in [3.63, 3.8) is 0 Å². The molecule has 0 spiro atoms. The van der Waals surface area contributed by atoms with Gasteiger partial charge in [0.05, 0.1) is 17.3 Å². The van der Waals surface area contributed by atoms with Crippen LogP contribution in [0.5, 0.6) is 0 Å². The van der Waals surface area contributed by atoms with Gasteiger partial charge >= 0.3 is 0 Å². The van der Waals surface area contributed by atoms with E-state index in [0.29, 0.717) is 11.3 Å². The second-order valence-electron chi connectivity index (χ2n) is 8.75. The first-order valence-corrected chi connectivity index (χ1v) is 11.3. The Hall–Kier alpha value is -3.68. The van der Waals surface area contributed by atoms with E-state index < -0.39 is 18.0 Å². The molecule has 3 amide bonds. The van der Waals surface area contributed by atoms with Crippen LogP contribution in [0.1, 0.15) is 36.4 Å². The van der Waals surface area contributed by atoms with Crippen LogP contribution in [0.25, 0.3) is 0 Å². The van der Waals surface area contributed by atoms with Crippen molar-refractivity contribution in [2.24, 2.45) is 11.7 Å². The third kappa shape index (κ3) is 3.83. The number of rotatable bonds is 5. The summed E-state index contributed by atoms with van der Waals surface area (Å²) >= 11 is 5.96. The first-order chi connectivity index (χ1) is 16.4. The average Bonchev–Trinajstić information content (AvgIpc) is 3.52. The highest BCUT2D eigenvalue weighted by atomic mass is 35.5. The Morgan fingerprint density at radius 2 is 2.06 bits per heavy atom. The number of amides is 3. The minimum absolute atomic E-state index is 0.0278. The normalized spacial score (nSPS) is 24.6. The summed E-state index contributed by atoms with van der Waals surface area (Å²) in [5.74, 6) is -0.907. The van der Waals surface area contributed by atoms with E-state index in [1.54, 1.807) is 16.0 Å². The predicted molar refractivity (Wildman–Crippen MR) is 123 cm³/mol. The van der Waals surface area contributed by atoms with E-state index in [1.807, 2.05) is 24.3 Å². The van der Waals surface area contributed by atoms with Gasteiger partial charge in [0.1, 0.15) is 29.6 Å². The van der Waals surface area contributed by atoms with E-state index in [4.69, 9.17) is 22.6 Å². The summed E-state index contributed by atoms with van der Waals surface area (Å²) in [7, 11) is 0. The Balaban J connectivity index is 1.35. The molecule has 5 rings (SSSR count). The SMILES string of the molecule is N#Cc1cc(Cl)nc(NC(=O)[C@@H]2[C@H]3CC[C@H](C3)N2C(=O)CN2NC(C(N)=O)c3ccccc32)c1. The van der Waals surface area contributed by atoms with Gasteiger partial charge in [-0.05, 0) is 43.4 Å². The topological polar surface area (TPSA) is 144 Å². The maximum Gasteiger partial charge on any atom is 0.248 e. The number of benzene rings is 1. The number of likely N-dealkylation sites (tertiary alicyclic amines) is 1. The fraction of sp³-hybridized carbons (Fsp3) is 0.348. The number of nitrogens with two attached hydrogens (primary N) is 1. The molecule has 2 bridgehead atoms. The Morgan fingerprint density at radius 1 is 1.26 bits per heavy atom. The Labute approximate surface area is 200 Å². The first-order valence-electron chi connectivity index (χ1n) is 11.0. The molecule has 34 heavy (non-hydrogen) atoms. The highest BCUT2D eigenvalue weighted by Gasteiger charge is 2.51. The summed E-state index contributed by atoms with van der Waals surface area (Å²) in [6, 6.07) is 10.7. The number of nitrogens with one attached hydrogen (secondary N) is 2. The molecule has 3 heterocycles. The number of pyridine rings is 1. The summed E-state index contributed by atoms with van der Waals surface area (Å²) in [5, 5.41) is 13.6. The van der Waals surface area contributed by atoms with Crippen molar-refractivity contribution in [1.82, 2.24) is 15.3 Å². The molecular formula is C23H22ClN7O3. The summed E-state index contributed by atoms with van der Waals surface area (Å²) in [4.78, 5) is 44.3. The van der Waals surface area contributed by atoms with Gasteiger partial charge in [0, 0.05) is 11.6 Å². The van der Waals surface area contributed by atoms with E-state index in [9.17, 15) is 14.4 Å². The Morgan fingerprint density at radius 3 is 2.82 bits per heavy atom. The molecule has 1 unspecified atom stereocenters. The molecule has 1 aromatic heterocycles. The third-order valence-corrected chi connectivity index (χ3v) is 6.91. The van der Waals surface area contributed by atoms with Gasteiger partial charge in [0.15, 0.2) is 0 Å². The molecule has 1 aliphatic carbocycles. The number of anilines is 2. The molecule has 2 fully saturated rings. The van der Waals surface area contributed by atoms with Crippen LogP contribution >= 0.6 is 11.6 Å². The van der Waals surface area contributed by atoms with Gasteiger partial charge < -0.3 is 16.0 Å². The lowest BCUT2D eigenvalue weighted by Gasteiger charge is -2.35. The molecule has 10 nitrogen and oxygen atoms in total. The minimum Gasteiger partial charge on any atom is -0.368 e. The molecule has 1 aromatic carbocycles. The summed E-state index contributed by atoms with van der Waals surface area (Å²) in [6.45, 7) is -0.0538. The molecule has 2 aromatic rings. The standard InChI is InChI=1S/C23H22ClN7O3/c24-17-7-12(10-25)8-18(27-17)28-23(34)21-13-5-6-14(9-13)31(21)19(32)11-30-16-4-2-1-3-15(16)20(29-30)22(26)33/h1-4,7-8,13-14,20-21,29H,5-6,9,11H2,(H2,26,33)(H,27,28,34)/t13-,14+,20?,21-/m0/s1. The number of para-hydroxylation sites is 1. The fourth-order valence-corrected chi connectivity index (χ4v) is 5.56. The predicted octanol–water partition coefficient (Wildman–Crippen LogP) is 1.48. The van der Waals surface area contributed by atoms with Crippen LogP contribution in [0, 0.1) is 17.2 Å². The highest BCUT2D eigenvalue weighted by Crippen LogP contribution is 2.43. The van der Waals surface area contributed by atoms with Gasteiger partial charge in [-0.25, -0.2) is 10.4 Å². The summed E-state index contributed by atoms with van der Waals surface area (Å²) in [5.41, 5.74) is 10.2. The van der Waals surface area contributed by atoms with E-state index in [1.165, 1.54) is 12.1 Å². The number of primary amides is 1. The van der Waals surface area contributed by atoms with Gasteiger partial charge in [0.25, 0.3) is 0 Å². The summed E-state index contributed by atoms with van der Waals surface area (Å²) in [6.07, 6.45) is 2.44. The Kier molecular flexibility index (Phi) is 5.59. The number of carbonyl (C=O) groups excluding carboxylic acids is 3. The van der Waals surface area contributed by atoms with Crippen molar-refractivity contribution >= 4 is 40.8 Å². The van der Waals surface area contributed by atoms with Crippen molar-refractivity contribution in [2.75, 3.05) is 16.9 Å². The van der Waals surface area contributed by atoms with E-state index in [0.717, 1.165) is 19.3 Å². The lowest BCUT2D eigenvalue weighted by Crippen LogP contribution is -2.54. The molecule has 1 saturated heterocycles. The van der Waals surface area contributed by atoms with Gasteiger partial charge in [0.2, 0.25) is 17.7 Å². The van der Waals surface area contributed by atoms with Crippen molar-refractivity contribution in [2.45, 2.75) is 37.4 Å². The molecule has 2 aliphatic heterocycles. The van der Waals surface area contributed by atoms with Crippen LogP contribution in [0.3, 0.4) is 0 Å². The van der Waals surface area contributed by atoms with Gasteiger partial charge in [-0.1, -0.05) is 29.8 Å². The number of hydrogen-bond donors (Lipinski definition) is 3. The number of aromatic nitrogens is 1. The molecule has 1 saturated carbocycles. The maximum absolute atomic E-state index is 13.5. The smallest absolute Gasteiger partial charge is 0.248 e. The second-order valence-corrected chi connectivity index (χ2v) is 9.13. The van der Waals surface area contributed by atoms with Gasteiger partial charge in [-0.3, -0.25) is 19.4 Å². The molecule has 4 N–H and O–H groups in total. The molecule has 4 atom stereocenters. The number of halogens is 1. The zero-order valence-electron chi connectivity index (χ0n) is 18.1. The number of nitriles is 1. The summed E-state index contributed by atoms with van der Waals surface area (Å²) < 4.78 is 0. The molecule has 0 radical (unpaired) electrons. The van der Waals surface area contributed by atoms with Crippen LogP contribution in [-0.2, 0) is 14.4 Å². The number of hydrogen-bond acceptors (Lipinski definition) is 7. The number of nitrogens with zero attached hydrogens (tertiary/aromatic N) is 4. The lowest BCUT2D eigenvalue weighted by atomic mass is 9.97. The van der Waals surface area contributed by atoms with Crippen LogP contribution < -0.4 is 21.5 Å². The number of carbonyl (C=O) groups is 3. The fourth-order valence-electron chi connectivity index (χ4n) is 5.35. The second kappa shape index (κ2) is 8.59. The first kappa shape index (κ1) is 22.1. The van der Waals surface area contributed by atoms with Crippen LogP contribution in [0.2, 0.25) is 5.15 Å². The van der Waals surface area contributed by atoms with Gasteiger partial charge in [-0.15, -0.1) is 0 Å². The monoisotopic (exact) mass is 479 g/mol.